The highest BCUT2D eigenvalue weighted by Crippen LogP contribution is 2.12. The van der Waals surface area contributed by atoms with Crippen LogP contribution in [0.1, 0.15) is 24.2 Å². The Morgan fingerprint density at radius 3 is 2.40 bits per heavy atom. The molecule has 0 atom stereocenters. The Balaban J connectivity index is 2.58. The molecule has 1 aromatic carbocycles. The van der Waals surface area contributed by atoms with Crippen molar-refractivity contribution < 1.29 is 14.4 Å². The van der Waals surface area contributed by atoms with Gasteiger partial charge in [0.1, 0.15) is 5.82 Å². The second-order valence-electron chi connectivity index (χ2n) is 4.12. The Labute approximate surface area is 122 Å². The lowest BCUT2D eigenvalue weighted by Crippen LogP contribution is -2.26. The molecule has 0 aromatic heterocycles. The molecule has 110 valence electrons. The van der Waals surface area contributed by atoms with E-state index in [1.807, 2.05) is 0 Å². The van der Waals surface area contributed by atoms with Gasteiger partial charge in [-0.2, -0.15) is 0 Å². The molecule has 0 heterocycles. The van der Waals surface area contributed by atoms with E-state index >= 15 is 0 Å². The quantitative estimate of drug-likeness (QED) is 0.276. The Kier molecular flexibility index (Phi) is 7.25. The van der Waals surface area contributed by atoms with Crippen LogP contribution in [-0.2, 0) is 0 Å². The molecule has 1 rings (SSSR count). The van der Waals surface area contributed by atoms with Crippen molar-refractivity contribution in [1.82, 2.24) is 4.90 Å². The number of ketones is 1. The lowest BCUT2D eigenvalue weighted by molar-refractivity contribution is 0.106. The van der Waals surface area contributed by atoms with Gasteiger partial charge in [-0.05, 0) is 37.4 Å². The zero-order valence-corrected chi connectivity index (χ0v) is 12.5. The van der Waals surface area contributed by atoms with E-state index in [9.17, 15) is 9.18 Å². The summed E-state index contributed by atoms with van der Waals surface area (Å²) in [6, 6.07) is 5.19. The van der Waals surface area contributed by atoms with Crippen molar-refractivity contribution in [3.8, 4) is 0 Å². The van der Waals surface area contributed by atoms with Crippen LogP contribution in [0.3, 0.4) is 0 Å². The van der Waals surface area contributed by atoms with Gasteiger partial charge in [0.25, 0.3) is 0 Å². The van der Waals surface area contributed by atoms with Crippen molar-refractivity contribution in [2.75, 3.05) is 25.4 Å². The van der Waals surface area contributed by atoms with E-state index in [1.54, 1.807) is 0 Å². The summed E-state index contributed by atoms with van der Waals surface area (Å²) in [5.74, 6) is -0.135. The lowest BCUT2D eigenvalue weighted by atomic mass is 10.1. The minimum atomic E-state index is -0.404. The van der Waals surface area contributed by atoms with Crippen LogP contribution < -0.4 is 0 Å². The van der Waals surface area contributed by atoms with E-state index in [2.05, 4.69) is 23.9 Å². The maximum absolute atomic E-state index is 12.8. The summed E-state index contributed by atoms with van der Waals surface area (Å²) in [7, 11) is 0. The SMILES string of the molecule is CCN(CC)CCS/C(=N\O)C(=O)c1ccc(F)cc1. The molecule has 0 amide bonds. The van der Waals surface area contributed by atoms with Gasteiger partial charge in [0, 0.05) is 17.9 Å². The summed E-state index contributed by atoms with van der Waals surface area (Å²) < 4.78 is 12.8. The highest BCUT2D eigenvalue weighted by atomic mass is 32.2. The predicted molar refractivity (Wildman–Crippen MR) is 80.2 cm³/mol. The molecule has 0 bridgehead atoms. The first kappa shape index (κ1) is 16.7. The Hall–Kier alpha value is -1.40. The predicted octanol–water partition coefficient (Wildman–Crippen LogP) is 2.87. The molecule has 6 heteroatoms. The maximum Gasteiger partial charge on any atom is 0.221 e. The smallest absolute Gasteiger partial charge is 0.221 e. The van der Waals surface area contributed by atoms with Crippen LogP contribution in [0.4, 0.5) is 4.39 Å². The second-order valence-corrected chi connectivity index (χ2v) is 5.20. The summed E-state index contributed by atoms with van der Waals surface area (Å²) in [5.41, 5.74) is 0.314. The number of nitrogens with zero attached hydrogens (tertiary/aromatic N) is 2. The molecule has 0 spiro atoms. The molecule has 0 aliphatic carbocycles. The van der Waals surface area contributed by atoms with Crippen molar-refractivity contribution in [2.45, 2.75) is 13.8 Å². The molecule has 0 saturated heterocycles. The van der Waals surface area contributed by atoms with Gasteiger partial charge in [0.15, 0.2) is 5.04 Å². The molecule has 20 heavy (non-hydrogen) atoms. The van der Waals surface area contributed by atoms with E-state index in [-0.39, 0.29) is 5.04 Å². The number of oxime groups is 1. The van der Waals surface area contributed by atoms with Gasteiger partial charge < -0.3 is 10.1 Å². The number of hydrogen-bond acceptors (Lipinski definition) is 5. The molecule has 1 aromatic rings. The third-order valence-corrected chi connectivity index (χ3v) is 3.86. The normalized spacial score (nSPS) is 11.9. The van der Waals surface area contributed by atoms with Crippen LogP contribution in [0, 0.1) is 5.82 Å². The van der Waals surface area contributed by atoms with Gasteiger partial charge in [-0.25, -0.2) is 4.39 Å². The molecule has 4 nitrogen and oxygen atoms in total. The standard InChI is InChI=1S/C14H19FN2O2S/c1-3-17(4-2)9-10-20-14(16-19)13(18)11-5-7-12(15)8-6-11/h5-8,19H,3-4,9-10H2,1-2H3/b16-14-. The Bertz CT molecular complexity index is 459. The van der Waals surface area contributed by atoms with Crippen molar-refractivity contribution in [1.29, 1.82) is 0 Å². The fourth-order valence-corrected chi connectivity index (χ4v) is 2.53. The molecule has 0 unspecified atom stereocenters. The van der Waals surface area contributed by atoms with Crippen LogP contribution in [0.25, 0.3) is 0 Å². The Morgan fingerprint density at radius 2 is 1.90 bits per heavy atom. The van der Waals surface area contributed by atoms with Gasteiger partial charge in [0.2, 0.25) is 5.78 Å². The highest BCUT2D eigenvalue weighted by molar-refractivity contribution is 8.15. The largest absolute Gasteiger partial charge is 0.410 e. The second kappa shape index (κ2) is 8.71. The summed E-state index contributed by atoms with van der Waals surface area (Å²) in [5, 5.41) is 12.0. The minimum Gasteiger partial charge on any atom is -0.410 e. The maximum atomic E-state index is 12.8. The van der Waals surface area contributed by atoms with Crippen molar-refractivity contribution in [3.05, 3.63) is 35.6 Å². The molecule has 0 fully saturated rings. The first-order chi connectivity index (χ1) is 9.62. The molecule has 0 aliphatic heterocycles. The van der Waals surface area contributed by atoms with Gasteiger partial charge in [0.05, 0.1) is 0 Å². The molecule has 0 saturated carbocycles. The van der Waals surface area contributed by atoms with Crippen molar-refractivity contribution in [3.63, 3.8) is 0 Å². The third-order valence-electron chi connectivity index (χ3n) is 2.93. The Morgan fingerprint density at radius 1 is 1.30 bits per heavy atom. The minimum absolute atomic E-state index is 0.0313. The zero-order chi connectivity index (χ0) is 15.0. The van der Waals surface area contributed by atoms with Gasteiger partial charge in [-0.15, -0.1) is 0 Å². The van der Waals surface area contributed by atoms with Crippen LogP contribution in [-0.4, -0.2) is 46.3 Å². The number of Topliss-reactive ketones (excluding diaryl/α,β-unsaturated/α-hetero) is 1. The summed E-state index contributed by atoms with van der Waals surface area (Å²) >= 11 is 1.20. The van der Waals surface area contributed by atoms with E-state index in [0.29, 0.717) is 11.3 Å². The topological polar surface area (TPSA) is 52.9 Å². The van der Waals surface area contributed by atoms with Gasteiger partial charge >= 0.3 is 0 Å². The summed E-state index contributed by atoms with van der Waals surface area (Å²) in [6.45, 7) is 6.83. The van der Waals surface area contributed by atoms with Crippen LogP contribution in [0.15, 0.2) is 29.4 Å². The first-order valence-electron chi connectivity index (χ1n) is 6.49. The van der Waals surface area contributed by atoms with Crippen LogP contribution >= 0.6 is 11.8 Å². The van der Waals surface area contributed by atoms with E-state index in [4.69, 9.17) is 5.21 Å². The number of rotatable bonds is 7. The monoisotopic (exact) mass is 298 g/mol. The molecule has 0 aliphatic rings. The molecular formula is C14H19FN2O2S. The van der Waals surface area contributed by atoms with Crippen LogP contribution in [0.2, 0.25) is 0 Å². The zero-order valence-electron chi connectivity index (χ0n) is 11.7. The van der Waals surface area contributed by atoms with Gasteiger partial charge in [-0.1, -0.05) is 30.8 Å². The van der Waals surface area contributed by atoms with Crippen LogP contribution in [0.5, 0.6) is 0 Å². The molecule has 1 N–H and O–H groups in total. The highest BCUT2D eigenvalue weighted by Gasteiger charge is 2.15. The van der Waals surface area contributed by atoms with E-state index in [1.165, 1.54) is 36.0 Å². The number of benzene rings is 1. The fourth-order valence-electron chi connectivity index (χ4n) is 1.68. The van der Waals surface area contributed by atoms with Crippen molar-refractivity contribution >= 4 is 22.6 Å². The fraction of sp³-hybridized carbons (Fsp3) is 0.429. The van der Waals surface area contributed by atoms with E-state index in [0.717, 1.165) is 19.6 Å². The van der Waals surface area contributed by atoms with Crippen molar-refractivity contribution in [2.24, 2.45) is 5.16 Å². The lowest BCUT2D eigenvalue weighted by Gasteiger charge is -2.17. The number of thioether (sulfide) groups is 1. The summed E-state index contributed by atoms with van der Waals surface area (Å²) in [6.07, 6.45) is 0. The number of carbonyl (C=O) groups excluding carboxylic acids is 1. The average molecular weight is 298 g/mol. The van der Waals surface area contributed by atoms with Gasteiger partial charge in [-0.3, -0.25) is 4.79 Å². The van der Waals surface area contributed by atoms with E-state index < -0.39 is 11.6 Å². The summed E-state index contributed by atoms with van der Waals surface area (Å²) in [4.78, 5) is 14.3. The molecular weight excluding hydrogens is 279 g/mol. The first-order valence-corrected chi connectivity index (χ1v) is 7.48. The average Bonchev–Trinajstić information content (AvgIpc) is 2.48. The molecule has 0 radical (unpaired) electrons. The number of halogens is 1. The number of carbonyl (C=O) groups is 1. The number of hydrogen-bond donors (Lipinski definition) is 1. The third kappa shape index (κ3) is 4.94.